The summed E-state index contributed by atoms with van der Waals surface area (Å²) in [6, 6.07) is 18.7. The molecule has 1 amide bonds. The van der Waals surface area contributed by atoms with Gasteiger partial charge in [-0.15, -0.1) is 0 Å². The number of hydrogen-bond acceptors (Lipinski definition) is 7. The first-order chi connectivity index (χ1) is 19.5. The molecule has 0 aliphatic carbocycles. The molecule has 0 saturated carbocycles. The van der Waals surface area contributed by atoms with Gasteiger partial charge < -0.3 is 15.8 Å². The molecule has 3 N–H and O–H groups in total. The fourth-order valence-electron chi connectivity index (χ4n) is 4.05. The van der Waals surface area contributed by atoms with Crippen molar-refractivity contribution in [3.63, 3.8) is 0 Å². The number of amides is 1. The third-order valence-electron chi connectivity index (χ3n) is 6.04. The van der Waals surface area contributed by atoms with E-state index in [0.717, 1.165) is 33.4 Å². The number of aromatic nitrogens is 2. The molecule has 0 fully saturated rings. The highest BCUT2D eigenvalue weighted by atomic mass is 32.2. The molecule has 212 valence electrons. The predicted molar refractivity (Wildman–Crippen MR) is 164 cm³/mol. The molecule has 0 radical (unpaired) electrons. The van der Waals surface area contributed by atoms with Crippen molar-refractivity contribution < 1.29 is 13.7 Å². The topological polar surface area (TPSA) is 120 Å². The van der Waals surface area contributed by atoms with Crippen molar-refractivity contribution in [1.29, 1.82) is 0 Å². The van der Waals surface area contributed by atoms with Crippen LogP contribution in [0.2, 0.25) is 0 Å². The Labute approximate surface area is 243 Å². The summed E-state index contributed by atoms with van der Waals surface area (Å²) in [5, 5.41) is 3.56. The average molecular weight is 570 g/mol. The molecule has 4 rings (SSSR count). The number of pyridine rings is 2. The lowest BCUT2D eigenvalue weighted by molar-refractivity contribution is -0.119. The first-order valence-electron chi connectivity index (χ1n) is 13.2. The lowest BCUT2D eigenvalue weighted by Crippen LogP contribution is -2.26. The van der Waals surface area contributed by atoms with Gasteiger partial charge in [0.1, 0.15) is 11.5 Å². The summed E-state index contributed by atoms with van der Waals surface area (Å²) in [6.45, 7) is 9.73. The Bertz CT molecular complexity index is 1660. The van der Waals surface area contributed by atoms with Gasteiger partial charge in [-0.1, -0.05) is 18.2 Å². The summed E-state index contributed by atoms with van der Waals surface area (Å²) in [4.78, 5) is 26.6. The van der Waals surface area contributed by atoms with E-state index < -0.39 is 10.8 Å². The van der Waals surface area contributed by atoms with Crippen molar-refractivity contribution in [3.8, 4) is 11.5 Å². The molecule has 2 heterocycles. The molecular formula is C32H35N5O3S. The average Bonchev–Trinajstić information content (AvgIpc) is 2.92. The van der Waals surface area contributed by atoms with Crippen LogP contribution in [0.4, 0.5) is 0 Å². The van der Waals surface area contributed by atoms with Crippen LogP contribution in [0.3, 0.4) is 0 Å². The fraction of sp³-hybridized carbons (Fsp3) is 0.250. The minimum Gasteiger partial charge on any atom is -0.456 e. The first-order valence-corrected chi connectivity index (χ1v) is 14.6. The van der Waals surface area contributed by atoms with Crippen LogP contribution in [0.5, 0.6) is 11.5 Å². The third kappa shape index (κ3) is 8.31. The summed E-state index contributed by atoms with van der Waals surface area (Å²) in [7, 11) is -1.28. The SMILES string of the molecule is Cc1cccc(CS(=O)c2ccc3nccc(Oc4ccc(CC(=O)N/C(C=NC(C)(C)C)=C/N)cc4C)c3c2)n1. The summed E-state index contributed by atoms with van der Waals surface area (Å²) in [5.41, 5.74) is 9.94. The van der Waals surface area contributed by atoms with Crippen LogP contribution >= 0.6 is 0 Å². The van der Waals surface area contributed by atoms with Crippen molar-refractivity contribution in [2.24, 2.45) is 10.7 Å². The van der Waals surface area contributed by atoms with Crippen LogP contribution < -0.4 is 15.8 Å². The van der Waals surface area contributed by atoms with Gasteiger partial charge in [-0.25, -0.2) is 0 Å². The molecule has 41 heavy (non-hydrogen) atoms. The van der Waals surface area contributed by atoms with E-state index in [1.165, 1.54) is 6.20 Å². The van der Waals surface area contributed by atoms with Crippen molar-refractivity contribution >= 4 is 33.8 Å². The number of aryl methyl sites for hydroxylation is 2. The van der Waals surface area contributed by atoms with Gasteiger partial charge in [0, 0.05) is 34.6 Å². The zero-order valence-corrected chi connectivity index (χ0v) is 24.8. The molecule has 0 bridgehead atoms. The van der Waals surface area contributed by atoms with Crippen molar-refractivity contribution in [1.82, 2.24) is 15.3 Å². The van der Waals surface area contributed by atoms with E-state index in [-0.39, 0.29) is 17.9 Å². The number of carbonyl (C=O) groups is 1. The Morgan fingerprint density at radius 2 is 1.88 bits per heavy atom. The van der Waals surface area contributed by atoms with Gasteiger partial charge in [0.2, 0.25) is 5.91 Å². The van der Waals surface area contributed by atoms with Crippen LogP contribution in [-0.2, 0) is 27.8 Å². The number of aliphatic imine (C=N–C) groups is 1. The van der Waals surface area contributed by atoms with Gasteiger partial charge in [0.25, 0.3) is 0 Å². The first kappa shape index (κ1) is 29.6. The molecule has 0 saturated heterocycles. The van der Waals surface area contributed by atoms with E-state index in [4.69, 9.17) is 10.5 Å². The largest absolute Gasteiger partial charge is 0.456 e. The van der Waals surface area contributed by atoms with Gasteiger partial charge in [-0.2, -0.15) is 0 Å². The van der Waals surface area contributed by atoms with Gasteiger partial charge >= 0.3 is 0 Å². The van der Waals surface area contributed by atoms with Crippen LogP contribution in [0.15, 0.2) is 88.6 Å². The van der Waals surface area contributed by atoms with E-state index in [0.29, 0.717) is 27.8 Å². The van der Waals surface area contributed by atoms with E-state index in [1.807, 2.05) is 89.2 Å². The number of nitrogens with one attached hydrogen (secondary N) is 1. The number of rotatable bonds is 9. The van der Waals surface area contributed by atoms with Crippen molar-refractivity contribution in [3.05, 3.63) is 101 Å². The second-order valence-corrected chi connectivity index (χ2v) is 12.2. The number of allylic oxidation sites excluding steroid dienone is 1. The normalized spacial score (nSPS) is 13.0. The van der Waals surface area contributed by atoms with Crippen LogP contribution in [-0.4, -0.2) is 31.8 Å². The lowest BCUT2D eigenvalue weighted by atomic mass is 10.1. The van der Waals surface area contributed by atoms with Gasteiger partial charge in [0.15, 0.2) is 0 Å². The number of ether oxygens (including phenoxy) is 1. The highest BCUT2D eigenvalue weighted by molar-refractivity contribution is 7.84. The van der Waals surface area contributed by atoms with Gasteiger partial charge in [0.05, 0.1) is 45.4 Å². The molecule has 0 aliphatic rings. The molecule has 9 heteroatoms. The van der Waals surface area contributed by atoms with Gasteiger partial charge in [-0.05, 0) is 88.2 Å². The highest BCUT2D eigenvalue weighted by Gasteiger charge is 2.13. The van der Waals surface area contributed by atoms with E-state index >= 15 is 0 Å². The Kier molecular flexibility index (Phi) is 9.29. The Hall–Kier alpha value is -4.37. The van der Waals surface area contributed by atoms with E-state index in [2.05, 4.69) is 20.3 Å². The second-order valence-electron chi connectivity index (χ2n) is 10.7. The standard InChI is InChI=1S/C32H35N5O3S/c1-21-15-23(16-31(38)37-25(18-33)19-35-32(3,4)5)9-12-29(21)40-30-13-14-34-28-11-10-26(17-27(28)30)41(39)20-24-8-6-7-22(2)36-24/h6-15,17-19H,16,20,33H2,1-5H3,(H,37,38)/b25-18+,35-19?. The fourth-order valence-corrected chi connectivity index (χ4v) is 5.12. The summed E-state index contributed by atoms with van der Waals surface area (Å²) in [6.07, 6.45) is 4.75. The quantitative estimate of drug-likeness (QED) is 0.251. The summed E-state index contributed by atoms with van der Waals surface area (Å²) >= 11 is 0. The Morgan fingerprint density at radius 1 is 1.07 bits per heavy atom. The minimum absolute atomic E-state index is 0.172. The van der Waals surface area contributed by atoms with Crippen molar-refractivity contribution in [2.75, 3.05) is 0 Å². The molecule has 2 aromatic carbocycles. The van der Waals surface area contributed by atoms with Crippen LogP contribution in [0.25, 0.3) is 10.9 Å². The molecule has 8 nitrogen and oxygen atoms in total. The number of nitrogens with two attached hydrogens (primary N) is 1. The summed E-state index contributed by atoms with van der Waals surface area (Å²) in [5.74, 6) is 1.38. The Balaban J connectivity index is 1.49. The molecule has 4 aromatic rings. The maximum Gasteiger partial charge on any atom is 0.228 e. The molecule has 1 atom stereocenters. The number of benzene rings is 2. The summed E-state index contributed by atoms with van der Waals surface area (Å²) < 4.78 is 19.4. The van der Waals surface area contributed by atoms with E-state index in [9.17, 15) is 9.00 Å². The maximum atomic E-state index is 13.1. The highest BCUT2D eigenvalue weighted by Crippen LogP contribution is 2.32. The Morgan fingerprint density at radius 3 is 2.59 bits per heavy atom. The van der Waals surface area contributed by atoms with Crippen LogP contribution in [0, 0.1) is 13.8 Å². The lowest BCUT2D eigenvalue weighted by Gasteiger charge is -2.14. The predicted octanol–water partition coefficient (Wildman–Crippen LogP) is 5.67. The number of hydrogen-bond donors (Lipinski definition) is 2. The molecule has 0 spiro atoms. The van der Waals surface area contributed by atoms with Crippen LogP contribution in [0.1, 0.15) is 43.3 Å². The maximum absolute atomic E-state index is 13.1. The smallest absolute Gasteiger partial charge is 0.228 e. The molecular weight excluding hydrogens is 534 g/mol. The number of nitrogens with zero attached hydrogens (tertiary/aromatic N) is 3. The molecule has 0 aliphatic heterocycles. The molecule has 2 aromatic heterocycles. The number of carbonyl (C=O) groups excluding carboxylic acids is 1. The zero-order chi connectivity index (χ0) is 29.6. The monoisotopic (exact) mass is 569 g/mol. The van der Waals surface area contributed by atoms with Crippen molar-refractivity contribution in [2.45, 2.75) is 57.2 Å². The minimum atomic E-state index is -1.28. The number of fused-ring (bicyclic) bond motifs is 1. The third-order valence-corrected chi connectivity index (χ3v) is 7.38. The van der Waals surface area contributed by atoms with E-state index in [1.54, 1.807) is 18.5 Å². The zero-order valence-electron chi connectivity index (χ0n) is 24.0. The van der Waals surface area contributed by atoms with Gasteiger partial charge in [-0.3, -0.25) is 24.0 Å². The second kappa shape index (κ2) is 12.9. The molecule has 1 unspecified atom stereocenters.